The van der Waals surface area contributed by atoms with Crippen LogP contribution in [0.4, 0.5) is 0 Å². The highest BCUT2D eigenvalue weighted by Gasteiger charge is 1.82. The molecule has 1 heterocycles. The van der Waals surface area contributed by atoms with Gasteiger partial charge in [-0.25, -0.2) is 0 Å². The van der Waals surface area contributed by atoms with Crippen LogP contribution in [0.15, 0.2) is 17.5 Å². The van der Waals surface area contributed by atoms with Crippen LogP contribution in [0.1, 0.15) is 23.5 Å². The third kappa shape index (κ3) is 9.33. The van der Waals surface area contributed by atoms with Gasteiger partial charge in [0.2, 0.25) is 0 Å². The highest BCUT2D eigenvalue weighted by molar-refractivity contribution is 7.11. The van der Waals surface area contributed by atoms with Crippen LogP contribution in [-0.2, 0) is 0 Å². The van der Waals surface area contributed by atoms with E-state index in [9.17, 15) is 4.79 Å². The third-order valence-corrected chi connectivity index (χ3v) is 1.46. The number of aldehydes is 1. The average Bonchev–Trinajstić information content (AvgIpc) is 2.61. The van der Waals surface area contributed by atoms with E-state index in [4.69, 9.17) is 0 Å². The van der Waals surface area contributed by atoms with Crippen LogP contribution in [-0.4, -0.2) is 20.4 Å². The molecular formula is C9H17NOS. The molecule has 0 fully saturated rings. The molecule has 1 N–H and O–H groups in total. The maximum atomic E-state index is 9.88. The summed E-state index contributed by atoms with van der Waals surface area (Å²) in [4.78, 5) is 10.7. The Labute approximate surface area is 78.6 Å². The molecule has 12 heavy (non-hydrogen) atoms. The van der Waals surface area contributed by atoms with E-state index >= 15 is 0 Å². The van der Waals surface area contributed by atoms with Gasteiger partial charge in [0, 0.05) is 0 Å². The molecule has 1 rings (SSSR count). The van der Waals surface area contributed by atoms with Gasteiger partial charge >= 0.3 is 0 Å². The molecule has 0 aromatic carbocycles. The normalized spacial score (nSPS) is 7.00. The van der Waals surface area contributed by atoms with Crippen LogP contribution >= 0.6 is 11.3 Å². The molecule has 0 spiro atoms. The first kappa shape index (κ1) is 13.9. The lowest BCUT2D eigenvalue weighted by molar-refractivity contribution is 0.112. The van der Waals surface area contributed by atoms with Crippen LogP contribution in [0.3, 0.4) is 0 Å². The van der Waals surface area contributed by atoms with E-state index in [1.54, 1.807) is 6.07 Å². The van der Waals surface area contributed by atoms with Crippen molar-refractivity contribution in [1.29, 1.82) is 0 Å². The second-order valence-electron chi connectivity index (χ2n) is 1.63. The van der Waals surface area contributed by atoms with Gasteiger partial charge in [-0.2, -0.15) is 0 Å². The topological polar surface area (TPSA) is 29.1 Å². The number of hydrogen-bond donors (Lipinski definition) is 1. The Hall–Kier alpha value is -0.670. The summed E-state index contributed by atoms with van der Waals surface area (Å²) in [6.45, 7) is 4.00. The number of rotatable bonds is 1. The van der Waals surface area contributed by atoms with Gasteiger partial charge in [-0.15, -0.1) is 11.3 Å². The summed E-state index contributed by atoms with van der Waals surface area (Å²) in [7, 11) is 3.75. The lowest BCUT2D eigenvalue weighted by atomic mass is 10.5. The van der Waals surface area contributed by atoms with Gasteiger partial charge in [-0.1, -0.05) is 19.9 Å². The lowest BCUT2D eigenvalue weighted by Gasteiger charge is -1.66. The largest absolute Gasteiger partial charge is 0.323 e. The van der Waals surface area contributed by atoms with E-state index in [1.807, 2.05) is 39.4 Å². The van der Waals surface area contributed by atoms with Crippen molar-refractivity contribution in [3.05, 3.63) is 22.4 Å². The number of carbonyl (C=O) groups is 1. The molecular weight excluding hydrogens is 170 g/mol. The minimum absolute atomic E-state index is 0.792. The fraction of sp³-hybridized carbons (Fsp3) is 0.444. The van der Waals surface area contributed by atoms with E-state index in [1.165, 1.54) is 11.3 Å². The van der Waals surface area contributed by atoms with E-state index in [2.05, 4.69) is 5.32 Å². The molecule has 0 bridgehead atoms. The Morgan fingerprint density at radius 1 is 1.42 bits per heavy atom. The third-order valence-electron chi connectivity index (χ3n) is 0.659. The molecule has 70 valence electrons. The summed E-state index contributed by atoms with van der Waals surface area (Å²) < 4.78 is 0. The van der Waals surface area contributed by atoms with Gasteiger partial charge in [0.25, 0.3) is 0 Å². The highest BCUT2D eigenvalue weighted by atomic mass is 32.1. The minimum atomic E-state index is 0.792. The van der Waals surface area contributed by atoms with Crippen molar-refractivity contribution in [3.63, 3.8) is 0 Å². The molecule has 0 amide bonds. The minimum Gasteiger partial charge on any atom is -0.323 e. The zero-order chi connectivity index (χ0) is 9.82. The van der Waals surface area contributed by atoms with E-state index in [0.29, 0.717) is 0 Å². The van der Waals surface area contributed by atoms with Crippen molar-refractivity contribution in [1.82, 2.24) is 5.32 Å². The lowest BCUT2D eigenvalue weighted by Crippen LogP contribution is -1.89. The van der Waals surface area contributed by atoms with Gasteiger partial charge in [0.1, 0.15) is 0 Å². The molecule has 0 saturated heterocycles. The summed E-state index contributed by atoms with van der Waals surface area (Å²) in [5, 5.41) is 4.63. The Kier molecular flexibility index (Phi) is 15.0. The molecule has 0 atom stereocenters. The first-order valence-electron chi connectivity index (χ1n) is 3.92. The zero-order valence-corrected chi connectivity index (χ0v) is 8.94. The number of hydrogen-bond acceptors (Lipinski definition) is 3. The predicted molar refractivity (Wildman–Crippen MR) is 56.0 cm³/mol. The van der Waals surface area contributed by atoms with Crippen molar-refractivity contribution in [2.75, 3.05) is 14.1 Å². The monoisotopic (exact) mass is 187 g/mol. The van der Waals surface area contributed by atoms with Gasteiger partial charge in [-0.05, 0) is 25.5 Å². The van der Waals surface area contributed by atoms with E-state index in [-0.39, 0.29) is 0 Å². The van der Waals surface area contributed by atoms with Crippen LogP contribution in [0.25, 0.3) is 0 Å². The van der Waals surface area contributed by atoms with Gasteiger partial charge in [0.05, 0.1) is 4.88 Å². The highest BCUT2D eigenvalue weighted by Crippen LogP contribution is 2.03. The molecule has 0 radical (unpaired) electrons. The number of thiophene rings is 1. The molecule has 3 heteroatoms. The van der Waals surface area contributed by atoms with Gasteiger partial charge in [-0.3, -0.25) is 4.79 Å². The quantitative estimate of drug-likeness (QED) is 0.684. The van der Waals surface area contributed by atoms with Crippen molar-refractivity contribution in [2.24, 2.45) is 0 Å². The van der Waals surface area contributed by atoms with E-state index < -0.39 is 0 Å². The number of carbonyl (C=O) groups excluding carboxylic acids is 1. The summed E-state index contributed by atoms with van der Waals surface area (Å²) in [6, 6.07) is 3.64. The van der Waals surface area contributed by atoms with E-state index in [0.717, 1.165) is 11.2 Å². The Balaban J connectivity index is 0. The van der Waals surface area contributed by atoms with Crippen LogP contribution < -0.4 is 5.32 Å². The SMILES string of the molecule is CC.CNC.O=Cc1cccs1. The molecule has 2 nitrogen and oxygen atoms in total. The first-order valence-corrected chi connectivity index (χ1v) is 4.80. The summed E-state index contributed by atoms with van der Waals surface area (Å²) in [5.74, 6) is 0. The standard InChI is InChI=1S/C5H4OS.C2H7N.C2H6/c6-4-5-2-1-3-7-5;1-3-2;1-2/h1-4H;3H,1-2H3;1-2H3. The smallest absolute Gasteiger partial charge is 0.159 e. The first-order chi connectivity index (χ1) is 5.85. The fourth-order valence-corrected chi connectivity index (χ4v) is 0.885. The van der Waals surface area contributed by atoms with Crippen LogP contribution in [0.5, 0.6) is 0 Å². The molecule has 1 aromatic heterocycles. The Morgan fingerprint density at radius 2 is 1.92 bits per heavy atom. The second-order valence-corrected chi connectivity index (χ2v) is 2.61. The maximum Gasteiger partial charge on any atom is 0.159 e. The maximum absolute atomic E-state index is 9.88. The summed E-state index contributed by atoms with van der Waals surface area (Å²) >= 11 is 1.45. The van der Waals surface area contributed by atoms with Crippen molar-refractivity contribution in [3.8, 4) is 0 Å². The average molecular weight is 187 g/mol. The molecule has 1 aromatic rings. The van der Waals surface area contributed by atoms with Gasteiger partial charge in [0.15, 0.2) is 6.29 Å². The molecule has 0 unspecified atom stereocenters. The summed E-state index contributed by atoms with van der Waals surface area (Å²) in [6.07, 6.45) is 0.852. The Bertz CT molecular complexity index is 161. The Morgan fingerprint density at radius 3 is 2.08 bits per heavy atom. The van der Waals surface area contributed by atoms with Gasteiger partial charge < -0.3 is 5.32 Å². The second kappa shape index (κ2) is 13.0. The van der Waals surface area contributed by atoms with Crippen molar-refractivity contribution in [2.45, 2.75) is 13.8 Å². The zero-order valence-electron chi connectivity index (χ0n) is 8.13. The van der Waals surface area contributed by atoms with Crippen LogP contribution in [0, 0.1) is 0 Å². The molecule has 0 aliphatic carbocycles. The summed E-state index contributed by atoms with van der Waals surface area (Å²) in [5.41, 5.74) is 0. The molecule has 0 aliphatic rings. The predicted octanol–water partition coefficient (Wildman–Crippen LogP) is 2.42. The van der Waals surface area contributed by atoms with Crippen molar-refractivity contribution < 1.29 is 4.79 Å². The van der Waals surface area contributed by atoms with Crippen molar-refractivity contribution >= 4 is 17.6 Å². The molecule has 0 saturated carbocycles. The van der Waals surface area contributed by atoms with Crippen LogP contribution in [0.2, 0.25) is 0 Å². The number of nitrogens with one attached hydrogen (secondary N) is 1. The molecule has 0 aliphatic heterocycles. The fourth-order valence-electron chi connectivity index (χ4n) is 0.358.